The number of rotatable bonds is 11. The first-order valence-electron chi connectivity index (χ1n) is 11.6. The number of hydrogen-bond acceptors (Lipinski definition) is 7. The average molecular weight is 489 g/mol. The Morgan fingerprint density at radius 3 is 2.37 bits per heavy atom. The van der Waals surface area contributed by atoms with Crippen molar-refractivity contribution in [1.29, 1.82) is 0 Å². The van der Waals surface area contributed by atoms with E-state index in [1.807, 2.05) is 0 Å². The predicted molar refractivity (Wildman–Crippen MR) is 134 cm³/mol. The van der Waals surface area contributed by atoms with Crippen molar-refractivity contribution in [3.63, 3.8) is 0 Å². The van der Waals surface area contributed by atoms with Gasteiger partial charge in [0.1, 0.15) is 18.0 Å². The lowest BCUT2D eigenvalue weighted by Gasteiger charge is -2.20. The van der Waals surface area contributed by atoms with Crippen LogP contribution in [0.25, 0.3) is 0 Å². The highest BCUT2D eigenvalue weighted by Gasteiger charge is 2.21. The summed E-state index contributed by atoms with van der Waals surface area (Å²) >= 11 is 0. The van der Waals surface area contributed by atoms with Gasteiger partial charge in [-0.1, -0.05) is 37.2 Å². The van der Waals surface area contributed by atoms with E-state index >= 15 is 0 Å². The van der Waals surface area contributed by atoms with Gasteiger partial charge in [-0.15, -0.1) is 0 Å². The zero-order valence-corrected chi connectivity index (χ0v) is 21.4. The highest BCUT2D eigenvalue weighted by atomic mass is 16.6. The molecule has 2 aromatic rings. The van der Waals surface area contributed by atoms with Crippen LogP contribution in [0.2, 0.25) is 0 Å². The molecule has 0 fully saturated rings. The lowest BCUT2D eigenvalue weighted by Crippen LogP contribution is -2.48. The number of carbonyl (C=O) groups is 1. The molecule has 192 valence electrons. The lowest BCUT2D eigenvalue weighted by molar-refractivity contribution is -0.124. The maximum atomic E-state index is 13.3. The van der Waals surface area contributed by atoms with E-state index in [-0.39, 0.29) is 42.3 Å². The Kier molecular flexibility index (Phi) is 9.82. The summed E-state index contributed by atoms with van der Waals surface area (Å²) in [6.07, 6.45) is 0.0984. The maximum absolute atomic E-state index is 13.3. The number of carbonyl (C=O) groups excluding carboxylic acids is 1. The van der Waals surface area contributed by atoms with Crippen LogP contribution in [0.3, 0.4) is 0 Å². The number of oxime groups is 1. The molecule has 35 heavy (non-hydrogen) atoms. The van der Waals surface area contributed by atoms with Gasteiger partial charge in [-0.05, 0) is 33.8 Å². The molecule has 0 aliphatic heterocycles. The number of hydrogen-bond donors (Lipinski definition) is 2. The number of ether oxygens (including phenoxy) is 1. The molecule has 10 heteroatoms. The fourth-order valence-electron chi connectivity index (χ4n) is 3.38. The maximum Gasteiger partial charge on any atom is 0.331 e. The van der Waals surface area contributed by atoms with Crippen LogP contribution in [0.15, 0.2) is 45.2 Å². The zero-order valence-electron chi connectivity index (χ0n) is 21.4. The second-order valence-electron chi connectivity index (χ2n) is 9.05. The molecule has 1 heterocycles. The number of methoxy groups -OCH3 is 1. The van der Waals surface area contributed by atoms with Gasteiger partial charge < -0.3 is 20.0 Å². The van der Waals surface area contributed by atoms with Crippen LogP contribution < -0.4 is 21.3 Å². The van der Waals surface area contributed by atoms with Crippen molar-refractivity contribution >= 4 is 11.6 Å². The number of amides is 1. The van der Waals surface area contributed by atoms with Crippen molar-refractivity contribution in [2.75, 3.05) is 7.11 Å². The number of aromatic nitrogens is 2. The summed E-state index contributed by atoms with van der Waals surface area (Å²) in [5.74, 6) is 0.0575. The molecular formula is C25H36N4O6. The summed E-state index contributed by atoms with van der Waals surface area (Å²) < 4.78 is 7.63. The van der Waals surface area contributed by atoms with Crippen LogP contribution in [0.1, 0.15) is 58.8 Å². The van der Waals surface area contributed by atoms with Gasteiger partial charge in [0.05, 0.1) is 31.5 Å². The second-order valence-corrected chi connectivity index (χ2v) is 9.05. The monoisotopic (exact) mass is 488 g/mol. The van der Waals surface area contributed by atoms with E-state index in [0.29, 0.717) is 11.3 Å². The van der Waals surface area contributed by atoms with Gasteiger partial charge in [-0.25, -0.2) is 4.79 Å². The molecule has 0 aliphatic carbocycles. The van der Waals surface area contributed by atoms with Crippen molar-refractivity contribution in [2.45, 2.75) is 72.9 Å². The molecule has 2 N–H and O–H groups in total. The van der Waals surface area contributed by atoms with Crippen molar-refractivity contribution in [1.82, 2.24) is 14.5 Å². The number of aliphatic hydroxyl groups excluding tert-OH is 1. The van der Waals surface area contributed by atoms with E-state index in [1.54, 1.807) is 65.8 Å². The summed E-state index contributed by atoms with van der Waals surface area (Å²) in [5.41, 5.74) is -0.225. The Hall–Kier alpha value is -3.40. The van der Waals surface area contributed by atoms with E-state index in [4.69, 9.17) is 9.57 Å². The molecular weight excluding hydrogens is 452 g/mol. The third-order valence-corrected chi connectivity index (χ3v) is 5.26. The second kappa shape index (κ2) is 12.3. The smallest absolute Gasteiger partial charge is 0.331 e. The molecule has 1 aromatic carbocycles. The van der Waals surface area contributed by atoms with E-state index < -0.39 is 23.4 Å². The van der Waals surface area contributed by atoms with Crippen molar-refractivity contribution in [3.05, 3.63) is 62.4 Å². The number of nitrogens with zero attached hydrogens (tertiary/aromatic N) is 3. The topological polar surface area (TPSA) is 124 Å². The van der Waals surface area contributed by atoms with Crippen LogP contribution in [-0.2, 0) is 22.7 Å². The van der Waals surface area contributed by atoms with E-state index in [2.05, 4.69) is 10.5 Å². The lowest BCUT2D eigenvalue weighted by atomic mass is 10.1. The molecule has 1 aromatic heterocycles. The van der Waals surface area contributed by atoms with Crippen molar-refractivity contribution in [3.8, 4) is 5.75 Å². The Morgan fingerprint density at radius 1 is 1.11 bits per heavy atom. The Balaban J connectivity index is 2.54. The third kappa shape index (κ3) is 7.29. The Bertz CT molecular complexity index is 1170. The van der Waals surface area contributed by atoms with Gasteiger partial charge in [0.2, 0.25) is 5.91 Å². The molecule has 0 bridgehead atoms. The third-order valence-electron chi connectivity index (χ3n) is 5.26. The number of aliphatic hydroxyl groups is 1. The zero-order chi connectivity index (χ0) is 26.3. The van der Waals surface area contributed by atoms with Gasteiger partial charge in [-0.3, -0.25) is 18.7 Å². The first-order valence-corrected chi connectivity index (χ1v) is 11.6. The van der Waals surface area contributed by atoms with Crippen LogP contribution in [0.5, 0.6) is 5.75 Å². The SMILES string of the molecule is COc1ccccc1C(O)Cn1cc(/C(C)=N/OC(C)C)c(=O)n(CC(C)NC(=O)C(C)C)c1=O. The molecule has 0 aliphatic rings. The molecule has 1 amide bonds. The largest absolute Gasteiger partial charge is 0.496 e. The fourth-order valence-corrected chi connectivity index (χ4v) is 3.38. The van der Waals surface area contributed by atoms with Crippen molar-refractivity contribution in [2.24, 2.45) is 11.1 Å². The molecule has 0 radical (unpaired) electrons. The summed E-state index contributed by atoms with van der Waals surface area (Å²) in [6, 6.07) is 6.48. The van der Waals surface area contributed by atoms with E-state index in [0.717, 1.165) is 4.57 Å². The average Bonchev–Trinajstić information content (AvgIpc) is 2.81. The normalized spacial score (nSPS) is 13.6. The molecule has 2 atom stereocenters. The Morgan fingerprint density at radius 2 is 1.77 bits per heavy atom. The Labute approximate surface area is 205 Å². The fraction of sp³-hybridized carbons (Fsp3) is 0.520. The van der Waals surface area contributed by atoms with Gasteiger partial charge in [0, 0.05) is 23.7 Å². The van der Waals surface area contributed by atoms with E-state index in [9.17, 15) is 19.5 Å². The van der Waals surface area contributed by atoms with Crippen LogP contribution in [0.4, 0.5) is 0 Å². The molecule has 2 rings (SSSR count). The molecule has 2 unspecified atom stereocenters. The van der Waals surface area contributed by atoms with Gasteiger partial charge in [0.25, 0.3) is 5.56 Å². The van der Waals surface area contributed by atoms with Crippen LogP contribution in [-0.4, -0.2) is 45.1 Å². The quantitative estimate of drug-likeness (QED) is 0.369. The van der Waals surface area contributed by atoms with Gasteiger partial charge in [0.15, 0.2) is 0 Å². The molecule has 10 nitrogen and oxygen atoms in total. The standard InChI is InChI=1S/C25H36N4O6/c1-15(2)23(31)26-17(5)12-29-24(32)20(18(6)27-35-16(3)4)13-28(25(29)33)14-21(30)19-10-8-9-11-22(19)34-7/h8-11,13,15-17,21,30H,12,14H2,1-7H3,(H,26,31)/b27-18+. The minimum Gasteiger partial charge on any atom is -0.496 e. The van der Waals surface area contributed by atoms with Gasteiger partial charge in [-0.2, -0.15) is 0 Å². The summed E-state index contributed by atoms with van der Waals surface area (Å²) in [5, 5.41) is 17.7. The van der Waals surface area contributed by atoms with Gasteiger partial charge >= 0.3 is 5.69 Å². The molecule has 0 spiro atoms. The number of para-hydroxylation sites is 1. The minimum absolute atomic E-state index is 0.0486. The first kappa shape index (κ1) is 27.8. The van der Waals surface area contributed by atoms with Crippen LogP contribution >= 0.6 is 0 Å². The highest BCUT2D eigenvalue weighted by Crippen LogP contribution is 2.25. The highest BCUT2D eigenvalue weighted by molar-refractivity contribution is 5.97. The predicted octanol–water partition coefficient (Wildman–Crippen LogP) is 2.06. The van der Waals surface area contributed by atoms with Crippen LogP contribution in [0, 0.1) is 5.92 Å². The molecule has 0 saturated heterocycles. The molecule has 0 saturated carbocycles. The number of nitrogens with one attached hydrogen (secondary N) is 1. The first-order chi connectivity index (χ1) is 16.5. The number of benzene rings is 1. The summed E-state index contributed by atoms with van der Waals surface area (Å²) in [7, 11) is 1.50. The summed E-state index contributed by atoms with van der Waals surface area (Å²) in [6.45, 7) is 10.3. The minimum atomic E-state index is -1.08. The van der Waals surface area contributed by atoms with E-state index in [1.165, 1.54) is 17.9 Å². The summed E-state index contributed by atoms with van der Waals surface area (Å²) in [4.78, 5) is 44.0. The van der Waals surface area contributed by atoms with Crippen molar-refractivity contribution < 1.29 is 19.5 Å².